The summed E-state index contributed by atoms with van der Waals surface area (Å²) in [4.78, 5) is 34.7. The molecule has 0 radical (unpaired) electrons. The number of hydrogen-bond donors (Lipinski definition) is 0. The zero-order chi connectivity index (χ0) is 19.7. The molecular formula is C21H20N4O3. The molecule has 3 aromatic rings. The van der Waals surface area contributed by atoms with Gasteiger partial charge in [0.15, 0.2) is 0 Å². The maximum atomic E-state index is 13.2. The van der Waals surface area contributed by atoms with E-state index in [1.54, 1.807) is 25.4 Å². The van der Waals surface area contributed by atoms with Gasteiger partial charge in [0.05, 0.1) is 18.2 Å². The summed E-state index contributed by atoms with van der Waals surface area (Å²) < 4.78 is 5.44. The summed E-state index contributed by atoms with van der Waals surface area (Å²) in [7, 11) is 1.56. The lowest BCUT2D eigenvalue weighted by atomic mass is 10.1. The molecule has 0 aliphatic carbocycles. The Balaban J connectivity index is 1.68. The number of rotatable bonds is 3. The van der Waals surface area contributed by atoms with Crippen LogP contribution >= 0.6 is 0 Å². The van der Waals surface area contributed by atoms with Crippen LogP contribution in [0.3, 0.4) is 0 Å². The molecule has 2 amide bonds. The van der Waals surface area contributed by atoms with Crippen molar-refractivity contribution < 1.29 is 14.3 Å². The van der Waals surface area contributed by atoms with Gasteiger partial charge in [-0.15, -0.1) is 0 Å². The van der Waals surface area contributed by atoms with Crippen LogP contribution in [-0.4, -0.2) is 52.0 Å². The molecule has 4 rings (SSSR count). The highest BCUT2D eigenvalue weighted by molar-refractivity contribution is 6.00. The van der Waals surface area contributed by atoms with Crippen LogP contribution in [0.4, 0.5) is 0 Å². The summed E-state index contributed by atoms with van der Waals surface area (Å²) in [6.45, 7) is 2.79. The lowest BCUT2D eigenvalue weighted by Crippen LogP contribution is -2.45. The van der Waals surface area contributed by atoms with Crippen molar-refractivity contribution in [3.63, 3.8) is 0 Å². The number of aryl methyl sites for hydroxylation is 1. The molecule has 0 spiro atoms. The fraction of sp³-hybridized carbons (Fsp3) is 0.238. The second-order valence-electron chi connectivity index (χ2n) is 6.63. The number of carbonyl (C=O) groups is 2. The summed E-state index contributed by atoms with van der Waals surface area (Å²) >= 11 is 0. The number of amides is 2. The Bertz CT molecular complexity index is 1070. The lowest BCUT2D eigenvalue weighted by molar-refractivity contribution is 0.0181. The molecule has 1 aromatic carbocycles. The summed E-state index contributed by atoms with van der Waals surface area (Å²) in [5, 5.41) is 3.78. The fourth-order valence-corrected chi connectivity index (χ4v) is 3.42. The van der Waals surface area contributed by atoms with Crippen LogP contribution in [0, 0.1) is 6.92 Å². The van der Waals surface area contributed by atoms with Crippen molar-refractivity contribution in [3.8, 4) is 5.75 Å². The summed E-state index contributed by atoms with van der Waals surface area (Å²) in [5.74, 6) is 0.0229. The normalized spacial score (nSPS) is 13.8. The van der Waals surface area contributed by atoms with E-state index >= 15 is 0 Å². The van der Waals surface area contributed by atoms with Gasteiger partial charge in [-0.05, 0) is 37.1 Å². The first-order valence-electron chi connectivity index (χ1n) is 9.08. The zero-order valence-corrected chi connectivity index (χ0v) is 15.8. The minimum absolute atomic E-state index is 0.232. The van der Waals surface area contributed by atoms with E-state index in [9.17, 15) is 9.59 Å². The quantitative estimate of drug-likeness (QED) is 0.703. The van der Waals surface area contributed by atoms with Gasteiger partial charge >= 0.3 is 0 Å². The van der Waals surface area contributed by atoms with E-state index < -0.39 is 0 Å². The minimum atomic E-state index is -0.323. The molecule has 1 aliphatic heterocycles. The SMILES string of the molecule is COc1cc(C(=O)N2CCCN2C(=O)c2cnccc2C)nc2ccccc12. The minimum Gasteiger partial charge on any atom is -0.496 e. The standard InChI is InChI=1S/C21H20N4O3/c1-14-8-9-22-13-16(14)20(26)24-10-5-11-25(24)21(27)18-12-19(28-2)15-6-3-4-7-17(15)23-18/h3-4,6-9,12-13H,5,10-11H2,1-2H3. The van der Waals surface area contributed by atoms with E-state index in [1.165, 1.54) is 16.2 Å². The van der Waals surface area contributed by atoms with E-state index in [4.69, 9.17) is 4.74 Å². The van der Waals surface area contributed by atoms with Gasteiger partial charge in [-0.1, -0.05) is 12.1 Å². The first kappa shape index (κ1) is 17.9. The predicted molar refractivity (Wildman–Crippen MR) is 104 cm³/mol. The molecule has 142 valence electrons. The number of pyridine rings is 2. The fourth-order valence-electron chi connectivity index (χ4n) is 3.42. The topological polar surface area (TPSA) is 75.6 Å². The molecule has 0 saturated carbocycles. The molecule has 7 heteroatoms. The van der Waals surface area contributed by atoms with Gasteiger partial charge in [0, 0.05) is 36.9 Å². The van der Waals surface area contributed by atoms with E-state index in [0.717, 1.165) is 10.9 Å². The van der Waals surface area contributed by atoms with Crippen molar-refractivity contribution >= 4 is 22.7 Å². The largest absolute Gasteiger partial charge is 0.496 e. The van der Waals surface area contributed by atoms with Gasteiger partial charge in [0.2, 0.25) is 0 Å². The second-order valence-corrected chi connectivity index (χ2v) is 6.63. The third kappa shape index (κ3) is 3.05. The van der Waals surface area contributed by atoms with Crippen LogP contribution in [0.25, 0.3) is 10.9 Å². The number of hydrogen-bond acceptors (Lipinski definition) is 5. The van der Waals surface area contributed by atoms with Crippen molar-refractivity contribution in [1.82, 2.24) is 20.0 Å². The maximum Gasteiger partial charge on any atom is 0.291 e. The Morgan fingerprint density at radius 1 is 1.07 bits per heavy atom. The summed E-state index contributed by atoms with van der Waals surface area (Å²) in [6.07, 6.45) is 3.89. The van der Waals surface area contributed by atoms with Crippen molar-refractivity contribution in [2.24, 2.45) is 0 Å². The lowest BCUT2D eigenvalue weighted by Gasteiger charge is -2.28. The molecule has 7 nitrogen and oxygen atoms in total. The van der Waals surface area contributed by atoms with Gasteiger partial charge in [-0.3, -0.25) is 14.6 Å². The third-order valence-electron chi connectivity index (χ3n) is 4.89. The molecule has 1 fully saturated rings. The molecular weight excluding hydrogens is 356 g/mol. The van der Waals surface area contributed by atoms with Crippen LogP contribution in [0.15, 0.2) is 48.8 Å². The maximum absolute atomic E-state index is 13.2. The monoisotopic (exact) mass is 376 g/mol. The van der Waals surface area contributed by atoms with Gasteiger partial charge in [-0.2, -0.15) is 0 Å². The number of methoxy groups -OCH3 is 1. The van der Waals surface area contributed by atoms with Gasteiger partial charge in [-0.25, -0.2) is 15.0 Å². The zero-order valence-electron chi connectivity index (χ0n) is 15.8. The Hall–Kier alpha value is -3.48. The van der Waals surface area contributed by atoms with E-state index in [0.29, 0.717) is 36.3 Å². The molecule has 28 heavy (non-hydrogen) atoms. The van der Waals surface area contributed by atoms with E-state index in [-0.39, 0.29) is 17.5 Å². The predicted octanol–water partition coefficient (Wildman–Crippen LogP) is 2.85. The van der Waals surface area contributed by atoms with Crippen LogP contribution in [0.1, 0.15) is 32.8 Å². The molecule has 0 N–H and O–H groups in total. The molecule has 3 heterocycles. The number of fused-ring (bicyclic) bond motifs is 1. The molecule has 0 atom stereocenters. The molecule has 1 aliphatic rings. The number of nitrogens with zero attached hydrogens (tertiary/aromatic N) is 4. The molecule has 2 aromatic heterocycles. The van der Waals surface area contributed by atoms with Crippen molar-refractivity contribution in [2.45, 2.75) is 13.3 Å². The number of para-hydroxylation sites is 1. The third-order valence-corrected chi connectivity index (χ3v) is 4.89. The van der Waals surface area contributed by atoms with Crippen LogP contribution in [0.2, 0.25) is 0 Å². The number of ether oxygens (including phenoxy) is 1. The summed E-state index contributed by atoms with van der Waals surface area (Å²) in [5.41, 5.74) is 2.24. The average molecular weight is 376 g/mol. The number of carbonyl (C=O) groups excluding carboxylic acids is 2. The highest BCUT2D eigenvalue weighted by atomic mass is 16.5. The summed E-state index contributed by atoms with van der Waals surface area (Å²) in [6, 6.07) is 10.9. The number of hydrazine groups is 1. The number of benzene rings is 1. The Morgan fingerprint density at radius 2 is 1.82 bits per heavy atom. The molecule has 1 saturated heterocycles. The highest BCUT2D eigenvalue weighted by Crippen LogP contribution is 2.27. The average Bonchev–Trinajstić information content (AvgIpc) is 3.22. The van der Waals surface area contributed by atoms with Gasteiger partial charge < -0.3 is 4.74 Å². The van der Waals surface area contributed by atoms with Crippen LogP contribution < -0.4 is 4.74 Å². The Labute approximate surface area is 162 Å². The first-order valence-corrected chi connectivity index (χ1v) is 9.08. The Kier molecular flexibility index (Phi) is 4.65. The molecule has 0 unspecified atom stereocenters. The highest BCUT2D eigenvalue weighted by Gasteiger charge is 2.33. The van der Waals surface area contributed by atoms with Crippen molar-refractivity contribution in [3.05, 3.63) is 65.6 Å². The first-order chi connectivity index (χ1) is 13.6. The van der Waals surface area contributed by atoms with Crippen LogP contribution in [0.5, 0.6) is 5.75 Å². The number of aromatic nitrogens is 2. The van der Waals surface area contributed by atoms with Crippen LogP contribution in [-0.2, 0) is 0 Å². The van der Waals surface area contributed by atoms with Gasteiger partial charge in [0.1, 0.15) is 11.4 Å². The van der Waals surface area contributed by atoms with E-state index in [2.05, 4.69) is 9.97 Å². The smallest absolute Gasteiger partial charge is 0.291 e. The molecule has 0 bridgehead atoms. The van der Waals surface area contributed by atoms with Crippen molar-refractivity contribution in [2.75, 3.05) is 20.2 Å². The second kappa shape index (κ2) is 7.26. The van der Waals surface area contributed by atoms with Gasteiger partial charge in [0.25, 0.3) is 11.8 Å². The van der Waals surface area contributed by atoms with E-state index in [1.807, 2.05) is 31.2 Å². The Morgan fingerprint density at radius 3 is 2.57 bits per heavy atom. The van der Waals surface area contributed by atoms with Crippen molar-refractivity contribution in [1.29, 1.82) is 0 Å².